The maximum absolute atomic E-state index is 10.8. The summed E-state index contributed by atoms with van der Waals surface area (Å²) < 4.78 is 0. The molecule has 0 aliphatic carbocycles. The SMILES string of the molecule is Cc1ccc(-n2nccn2)c(C(=O)[O-])n1.[Na+]. The average Bonchev–Trinajstić information content (AvgIpc) is 2.70. The molecule has 0 amide bonds. The van der Waals surface area contributed by atoms with Crippen LogP contribution in [0.1, 0.15) is 16.2 Å². The zero-order valence-electron chi connectivity index (χ0n) is 8.91. The summed E-state index contributed by atoms with van der Waals surface area (Å²) in [5.41, 5.74) is 0.738. The Morgan fingerprint density at radius 2 is 1.94 bits per heavy atom. The van der Waals surface area contributed by atoms with Gasteiger partial charge in [-0.05, 0) is 19.1 Å². The van der Waals surface area contributed by atoms with Gasteiger partial charge in [0.1, 0.15) is 11.4 Å². The summed E-state index contributed by atoms with van der Waals surface area (Å²) in [6.45, 7) is 1.70. The van der Waals surface area contributed by atoms with E-state index in [1.807, 2.05) is 0 Å². The van der Waals surface area contributed by atoms with Crippen molar-refractivity contribution < 1.29 is 39.5 Å². The van der Waals surface area contributed by atoms with Crippen molar-refractivity contribution >= 4 is 5.97 Å². The first-order chi connectivity index (χ1) is 7.18. The Labute approximate surface area is 114 Å². The molecule has 7 heteroatoms. The van der Waals surface area contributed by atoms with E-state index in [-0.39, 0.29) is 35.3 Å². The first-order valence-corrected chi connectivity index (χ1v) is 4.24. The van der Waals surface area contributed by atoms with Crippen molar-refractivity contribution in [3.05, 3.63) is 35.9 Å². The van der Waals surface area contributed by atoms with Crippen molar-refractivity contribution in [1.29, 1.82) is 0 Å². The molecule has 0 aliphatic heterocycles. The van der Waals surface area contributed by atoms with Gasteiger partial charge in [0, 0.05) is 5.69 Å². The molecule has 2 rings (SSSR count). The molecule has 0 N–H and O–H groups in total. The van der Waals surface area contributed by atoms with Gasteiger partial charge in [0.25, 0.3) is 0 Å². The number of rotatable bonds is 2. The van der Waals surface area contributed by atoms with Crippen molar-refractivity contribution in [1.82, 2.24) is 20.0 Å². The number of aromatic carboxylic acids is 1. The van der Waals surface area contributed by atoms with Gasteiger partial charge in [-0.3, -0.25) is 0 Å². The van der Waals surface area contributed by atoms with Gasteiger partial charge in [-0.1, -0.05) is 0 Å². The summed E-state index contributed by atoms with van der Waals surface area (Å²) in [6, 6.07) is 3.28. The summed E-state index contributed by atoms with van der Waals surface area (Å²) in [5, 5.41) is 18.5. The largest absolute Gasteiger partial charge is 1.00 e. The third-order valence-electron chi connectivity index (χ3n) is 1.84. The Morgan fingerprint density at radius 3 is 2.50 bits per heavy atom. The van der Waals surface area contributed by atoms with Gasteiger partial charge in [-0.25, -0.2) is 4.98 Å². The fraction of sp³-hybridized carbons (Fsp3) is 0.111. The van der Waals surface area contributed by atoms with E-state index in [1.54, 1.807) is 19.1 Å². The predicted molar refractivity (Wildman–Crippen MR) is 48.2 cm³/mol. The van der Waals surface area contributed by atoms with Crippen molar-refractivity contribution in [2.75, 3.05) is 0 Å². The third kappa shape index (κ3) is 2.46. The van der Waals surface area contributed by atoms with Crippen LogP contribution in [-0.4, -0.2) is 25.9 Å². The van der Waals surface area contributed by atoms with Gasteiger partial charge in [-0.15, -0.1) is 4.80 Å². The van der Waals surface area contributed by atoms with Crippen molar-refractivity contribution in [3.8, 4) is 5.69 Å². The van der Waals surface area contributed by atoms with E-state index in [9.17, 15) is 9.90 Å². The van der Waals surface area contributed by atoms with Crippen molar-refractivity contribution in [2.45, 2.75) is 6.92 Å². The molecule has 6 nitrogen and oxygen atoms in total. The number of aryl methyl sites for hydroxylation is 1. The van der Waals surface area contributed by atoms with E-state index in [0.717, 1.165) is 0 Å². The second-order valence-corrected chi connectivity index (χ2v) is 2.93. The van der Waals surface area contributed by atoms with Crippen molar-refractivity contribution in [3.63, 3.8) is 0 Å². The van der Waals surface area contributed by atoms with Gasteiger partial charge >= 0.3 is 29.6 Å². The number of hydrogen-bond donors (Lipinski definition) is 0. The summed E-state index contributed by atoms with van der Waals surface area (Å²) in [5.74, 6) is -1.34. The summed E-state index contributed by atoms with van der Waals surface area (Å²) in [6.07, 6.45) is 2.91. The van der Waals surface area contributed by atoms with Crippen molar-refractivity contribution in [2.24, 2.45) is 0 Å². The normalized spacial score (nSPS) is 9.56. The minimum absolute atomic E-state index is 0. The Balaban J connectivity index is 0.00000128. The standard InChI is InChI=1S/C9H8N4O2.Na/c1-6-2-3-7(8(12-6)9(14)15)13-10-4-5-11-13;/h2-5H,1H3,(H,14,15);/q;+1/p-1. The number of carbonyl (C=O) groups excluding carboxylic acids is 1. The van der Waals surface area contributed by atoms with Crippen LogP contribution in [0.4, 0.5) is 0 Å². The molecule has 16 heavy (non-hydrogen) atoms. The van der Waals surface area contributed by atoms with E-state index in [4.69, 9.17) is 0 Å². The Kier molecular flexibility index (Phi) is 4.17. The zero-order valence-corrected chi connectivity index (χ0v) is 10.9. The molecular weight excluding hydrogens is 219 g/mol. The van der Waals surface area contributed by atoms with Crippen LogP contribution in [0, 0.1) is 6.92 Å². The number of carbonyl (C=O) groups is 1. The maximum atomic E-state index is 10.8. The van der Waals surface area contributed by atoms with Gasteiger partial charge in [-0.2, -0.15) is 10.2 Å². The molecule has 0 spiro atoms. The molecule has 0 unspecified atom stereocenters. The summed E-state index contributed by atoms with van der Waals surface area (Å²) >= 11 is 0. The maximum Gasteiger partial charge on any atom is 1.00 e. The molecule has 0 aromatic carbocycles. The van der Waals surface area contributed by atoms with Crippen LogP contribution in [0.25, 0.3) is 5.69 Å². The molecule has 0 saturated carbocycles. The van der Waals surface area contributed by atoms with E-state index in [0.29, 0.717) is 11.4 Å². The molecule has 0 aliphatic rings. The molecule has 0 radical (unpaired) electrons. The van der Waals surface area contributed by atoms with Gasteiger partial charge in [0.2, 0.25) is 0 Å². The molecular formula is C9H7N4NaO2. The number of carboxylic acid groups (broad SMARTS) is 1. The van der Waals surface area contributed by atoms with Crippen LogP contribution >= 0.6 is 0 Å². The number of hydrogen-bond acceptors (Lipinski definition) is 5. The molecule has 2 heterocycles. The Bertz CT molecular complexity index is 498. The number of aromatic nitrogens is 4. The number of carboxylic acids is 1. The van der Waals surface area contributed by atoms with Gasteiger partial charge in [0.15, 0.2) is 0 Å². The molecule has 76 valence electrons. The van der Waals surface area contributed by atoms with Gasteiger partial charge < -0.3 is 9.90 Å². The van der Waals surface area contributed by atoms with Crippen LogP contribution in [0.15, 0.2) is 24.5 Å². The Hall–Kier alpha value is -1.24. The molecule has 2 aromatic heterocycles. The fourth-order valence-electron chi connectivity index (χ4n) is 1.20. The first kappa shape index (κ1) is 12.8. The van der Waals surface area contributed by atoms with Gasteiger partial charge in [0.05, 0.1) is 18.4 Å². The van der Waals surface area contributed by atoms with Crippen LogP contribution < -0.4 is 34.7 Å². The molecule has 0 fully saturated rings. The molecule has 0 saturated heterocycles. The fourth-order valence-corrected chi connectivity index (χ4v) is 1.20. The minimum Gasteiger partial charge on any atom is -0.543 e. The summed E-state index contributed by atoms with van der Waals surface area (Å²) in [7, 11) is 0. The second kappa shape index (κ2) is 5.20. The van der Waals surface area contributed by atoms with Crippen LogP contribution in [0.3, 0.4) is 0 Å². The smallest absolute Gasteiger partial charge is 0.543 e. The van der Waals surface area contributed by atoms with E-state index < -0.39 is 5.97 Å². The topological polar surface area (TPSA) is 83.7 Å². The number of pyridine rings is 1. The predicted octanol–water partition coefficient (Wildman–Crippen LogP) is -3.66. The van der Waals surface area contributed by atoms with E-state index in [1.165, 1.54) is 17.2 Å². The monoisotopic (exact) mass is 226 g/mol. The minimum atomic E-state index is -1.34. The molecule has 0 atom stereocenters. The van der Waals surface area contributed by atoms with Crippen LogP contribution in [0.2, 0.25) is 0 Å². The molecule has 2 aromatic rings. The molecule has 0 bridgehead atoms. The zero-order chi connectivity index (χ0) is 10.8. The average molecular weight is 226 g/mol. The third-order valence-corrected chi connectivity index (χ3v) is 1.84. The Morgan fingerprint density at radius 1 is 1.31 bits per heavy atom. The van der Waals surface area contributed by atoms with E-state index in [2.05, 4.69) is 15.2 Å². The summed E-state index contributed by atoms with van der Waals surface area (Å²) in [4.78, 5) is 15.9. The van der Waals surface area contributed by atoms with Crippen LogP contribution in [0.5, 0.6) is 0 Å². The van der Waals surface area contributed by atoms with Crippen LogP contribution in [-0.2, 0) is 0 Å². The number of nitrogens with zero attached hydrogens (tertiary/aromatic N) is 4. The quantitative estimate of drug-likeness (QED) is 0.493. The van der Waals surface area contributed by atoms with E-state index >= 15 is 0 Å². The second-order valence-electron chi connectivity index (χ2n) is 2.93. The first-order valence-electron chi connectivity index (χ1n) is 4.24.